The van der Waals surface area contributed by atoms with Gasteiger partial charge in [0.15, 0.2) is 11.3 Å². The smallest absolute Gasteiger partial charge is 0.408 e. The first kappa shape index (κ1) is 31.5. The quantitative estimate of drug-likeness (QED) is 0.113. The maximum absolute atomic E-state index is 13.8. The summed E-state index contributed by atoms with van der Waals surface area (Å²) in [6.07, 6.45) is 2.56. The first-order valence-corrected chi connectivity index (χ1v) is 13.3. The van der Waals surface area contributed by atoms with Gasteiger partial charge in [-0.15, -0.1) is 0 Å². The van der Waals surface area contributed by atoms with Crippen LogP contribution in [0.3, 0.4) is 0 Å². The van der Waals surface area contributed by atoms with Crippen molar-refractivity contribution in [1.29, 1.82) is 0 Å². The number of benzene rings is 2. The van der Waals surface area contributed by atoms with Gasteiger partial charge in [-0.3, -0.25) is 19.4 Å². The van der Waals surface area contributed by atoms with Crippen LogP contribution in [0.4, 0.5) is 4.79 Å². The number of nitrogens with zero attached hydrogens (tertiary/aromatic N) is 1. The fourth-order valence-corrected chi connectivity index (χ4v) is 4.35. The van der Waals surface area contributed by atoms with Crippen molar-refractivity contribution in [1.82, 2.24) is 10.3 Å². The zero-order valence-corrected chi connectivity index (χ0v) is 23.4. The molecule has 9 nitrogen and oxygen atoms in total. The fourth-order valence-electron chi connectivity index (χ4n) is 4.35. The number of nitrogens with two attached hydrogens (primary N) is 1. The van der Waals surface area contributed by atoms with E-state index in [1.807, 2.05) is 48.5 Å². The third-order valence-corrected chi connectivity index (χ3v) is 6.72. The molecule has 2 atom stereocenters. The zero-order valence-electron chi connectivity index (χ0n) is 23.4. The molecule has 3 N–H and O–H groups in total. The Morgan fingerprint density at radius 1 is 0.872 bits per heavy atom. The van der Waals surface area contributed by atoms with Gasteiger partial charge in [-0.2, -0.15) is 0 Å². The second-order valence-electron chi connectivity index (χ2n) is 9.96. The number of alkyl carbamates (subject to hydrolysis) is 1. The molecule has 2 amide bonds. The van der Waals surface area contributed by atoms with Gasteiger partial charge in [0.1, 0.15) is 13.2 Å². The monoisotopic (exact) mass is 539 g/mol. The third-order valence-electron chi connectivity index (χ3n) is 6.72. The molecular formula is C30H41N3O6. The predicted octanol–water partition coefficient (Wildman–Crippen LogP) is 4.33. The number of nitrogens with one attached hydrogen (secondary N) is 1. The molecule has 0 bridgehead atoms. The van der Waals surface area contributed by atoms with Crippen molar-refractivity contribution in [3.05, 3.63) is 71.8 Å². The number of ether oxygens (including phenoxy) is 2. The molecule has 0 saturated heterocycles. The highest BCUT2D eigenvalue weighted by Crippen LogP contribution is 2.28. The Hall–Kier alpha value is -3.72. The standard InChI is InChI=1S/C30H41N3O6/c1-22(2)30(21-39-24(4)34,28(36)23(3)32-29(37)38-20-26-17-11-6-12-18-26)33(31)27(35)19-13-7-10-16-25-14-8-5-9-15-25/h5-6,8-9,11-12,14-15,17-18,22-23H,7,10,13,16,19-21,31H2,1-4H3,(H,32,37)/t23-,30+/m0/s1. The van der Waals surface area contributed by atoms with Crippen LogP contribution in [0, 0.1) is 5.92 Å². The van der Waals surface area contributed by atoms with Crippen molar-refractivity contribution in [3.8, 4) is 0 Å². The van der Waals surface area contributed by atoms with E-state index < -0.39 is 47.9 Å². The Bertz CT molecular complexity index is 1080. The summed E-state index contributed by atoms with van der Waals surface area (Å²) in [5.41, 5.74) is 0.346. The van der Waals surface area contributed by atoms with E-state index >= 15 is 0 Å². The number of unbranched alkanes of at least 4 members (excludes halogenated alkanes) is 2. The van der Waals surface area contributed by atoms with Gasteiger partial charge in [0.25, 0.3) is 0 Å². The SMILES string of the molecule is CC(=O)OC[C@](C(=O)[C@H](C)NC(=O)OCc1ccccc1)(C(C)C)N(N)C(=O)CCCCCc1ccccc1. The fraction of sp³-hybridized carbons (Fsp3) is 0.467. The Balaban J connectivity index is 2.05. The molecule has 0 unspecified atom stereocenters. The lowest BCUT2D eigenvalue weighted by Gasteiger charge is -2.43. The number of Topliss-reactive ketones (excluding diaryl/α,β-unsaturated/α-hetero) is 1. The molecule has 0 fully saturated rings. The van der Waals surface area contributed by atoms with Crippen LogP contribution in [0.25, 0.3) is 0 Å². The van der Waals surface area contributed by atoms with E-state index in [4.69, 9.17) is 15.3 Å². The summed E-state index contributed by atoms with van der Waals surface area (Å²) in [7, 11) is 0. The largest absolute Gasteiger partial charge is 0.463 e. The average Bonchev–Trinajstić information content (AvgIpc) is 2.92. The minimum Gasteiger partial charge on any atom is -0.463 e. The lowest BCUT2D eigenvalue weighted by Crippen LogP contribution is -2.69. The average molecular weight is 540 g/mol. The minimum absolute atomic E-state index is 0.0299. The van der Waals surface area contributed by atoms with Crippen molar-refractivity contribution in [3.63, 3.8) is 0 Å². The summed E-state index contributed by atoms with van der Waals surface area (Å²) < 4.78 is 10.5. The summed E-state index contributed by atoms with van der Waals surface area (Å²) in [5.74, 6) is 4.18. The Kier molecular flexibility index (Phi) is 12.6. The van der Waals surface area contributed by atoms with Gasteiger partial charge >= 0.3 is 12.1 Å². The van der Waals surface area contributed by atoms with Crippen molar-refractivity contribution in [2.24, 2.45) is 11.8 Å². The number of hydrogen-bond donors (Lipinski definition) is 2. The van der Waals surface area contributed by atoms with Gasteiger partial charge < -0.3 is 14.8 Å². The van der Waals surface area contributed by atoms with Crippen molar-refractivity contribution < 1.29 is 28.7 Å². The predicted molar refractivity (Wildman–Crippen MR) is 148 cm³/mol. The van der Waals surface area contributed by atoms with E-state index in [2.05, 4.69) is 17.4 Å². The van der Waals surface area contributed by atoms with Gasteiger partial charge in [0.05, 0.1) is 6.04 Å². The number of aryl methyl sites for hydroxylation is 1. The summed E-state index contributed by atoms with van der Waals surface area (Å²) in [5, 5.41) is 3.42. The molecule has 2 aromatic carbocycles. The van der Waals surface area contributed by atoms with E-state index in [-0.39, 0.29) is 13.0 Å². The number of rotatable bonds is 15. The van der Waals surface area contributed by atoms with E-state index in [1.54, 1.807) is 13.8 Å². The van der Waals surface area contributed by atoms with Crippen LogP contribution >= 0.6 is 0 Å². The van der Waals surface area contributed by atoms with Crippen molar-refractivity contribution in [2.75, 3.05) is 6.61 Å². The summed E-state index contributed by atoms with van der Waals surface area (Å²) in [6, 6.07) is 18.1. The number of amides is 2. The molecule has 39 heavy (non-hydrogen) atoms. The lowest BCUT2D eigenvalue weighted by atomic mass is 9.79. The maximum Gasteiger partial charge on any atom is 0.408 e. The Morgan fingerprint density at radius 3 is 2.03 bits per heavy atom. The molecule has 0 heterocycles. The normalized spacial score (nSPS) is 13.2. The van der Waals surface area contributed by atoms with E-state index in [1.165, 1.54) is 19.4 Å². The topological polar surface area (TPSA) is 128 Å². The molecule has 0 aliphatic rings. The number of hydrogen-bond acceptors (Lipinski definition) is 7. The molecule has 0 spiro atoms. The molecular weight excluding hydrogens is 498 g/mol. The Morgan fingerprint density at radius 2 is 1.46 bits per heavy atom. The summed E-state index contributed by atoms with van der Waals surface area (Å²) in [4.78, 5) is 51.1. The molecule has 2 rings (SSSR count). The molecule has 0 aliphatic heterocycles. The van der Waals surface area contributed by atoms with Gasteiger partial charge in [-0.05, 0) is 43.2 Å². The van der Waals surface area contributed by atoms with E-state index in [0.29, 0.717) is 6.42 Å². The van der Waals surface area contributed by atoms with E-state index in [0.717, 1.165) is 29.8 Å². The van der Waals surface area contributed by atoms with Crippen LogP contribution in [0.5, 0.6) is 0 Å². The molecule has 0 saturated carbocycles. The molecule has 212 valence electrons. The summed E-state index contributed by atoms with van der Waals surface area (Å²) in [6.45, 7) is 5.73. The van der Waals surface area contributed by atoms with Crippen LogP contribution in [-0.4, -0.2) is 46.9 Å². The summed E-state index contributed by atoms with van der Waals surface area (Å²) >= 11 is 0. The first-order valence-electron chi connectivity index (χ1n) is 13.3. The molecule has 2 aromatic rings. The van der Waals surface area contributed by atoms with Crippen molar-refractivity contribution >= 4 is 23.8 Å². The Labute approximate surface area is 231 Å². The number of carbonyl (C=O) groups is 4. The van der Waals surface area contributed by atoms with Crippen LogP contribution in [0.1, 0.15) is 64.5 Å². The van der Waals surface area contributed by atoms with E-state index in [9.17, 15) is 19.2 Å². The molecule has 9 heteroatoms. The highest BCUT2D eigenvalue weighted by atomic mass is 16.5. The first-order chi connectivity index (χ1) is 18.6. The second kappa shape index (κ2) is 15.6. The van der Waals surface area contributed by atoms with Crippen LogP contribution in [-0.2, 0) is 36.9 Å². The van der Waals surface area contributed by atoms with Gasteiger partial charge in [-0.1, -0.05) is 80.9 Å². The molecule has 0 aliphatic carbocycles. The number of hydrazine groups is 1. The van der Waals surface area contributed by atoms with Crippen LogP contribution in [0.15, 0.2) is 60.7 Å². The zero-order chi connectivity index (χ0) is 28.8. The van der Waals surface area contributed by atoms with Crippen LogP contribution < -0.4 is 11.2 Å². The number of ketones is 1. The van der Waals surface area contributed by atoms with Gasteiger partial charge in [-0.25, -0.2) is 10.6 Å². The molecule has 0 radical (unpaired) electrons. The highest BCUT2D eigenvalue weighted by Gasteiger charge is 2.51. The van der Waals surface area contributed by atoms with Gasteiger partial charge in [0.2, 0.25) is 5.91 Å². The van der Waals surface area contributed by atoms with Crippen LogP contribution in [0.2, 0.25) is 0 Å². The van der Waals surface area contributed by atoms with Crippen molar-refractivity contribution in [2.45, 2.75) is 78.0 Å². The number of carbonyl (C=O) groups excluding carboxylic acids is 4. The minimum atomic E-state index is -1.68. The maximum atomic E-state index is 13.8. The second-order valence-corrected chi connectivity index (χ2v) is 9.96. The third kappa shape index (κ3) is 9.51. The van der Waals surface area contributed by atoms with Gasteiger partial charge in [0, 0.05) is 13.3 Å². The number of esters is 1. The lowest BCUT2D eigenvalue weighted by molar-refractivity contribution is -0.163. The highest BCUT2D eigenvalue weighted by molar-refractivity contribution is 5.98. The molecule has 0 aromatic heterocycles.